The highest BCUT2D eigenvalue weighted by Crippen LogP contribution is 2.08. The van der Waals surface area contributed by atoms with Crippen LogP contribution in [0.15, 0.2) is 36.0 Å². The lowest BCUT2D eigenvalue weighted by Gasteiger charge is -2.34. The molecule has 0 atom stereocenters. The number of nitrogens with one attached hydrogen (secondary N) is 1. The molecule has 1 heterocycles. The fourth-order valence-corrected chi connectivity index (χ4v) is 2.67. The molecule has 132 valence electrons. The van der Waals surface area contributed by atoms with E-state index in [1.54, 1.807) is 9.80 Å². The average molecular weight is 341 g/mol. The summed E-state index contributed by atoms with van der Waals surface area (Å²) in [7, 11) is 0. The minimum atomic E-state index is -0.311. The van der Waals surface area contributed by atoms with Crippen LogP contribution in [0.4, 0.5) is 0 Å². The van der Waals surface area contributed by atoms with Gasteiger partial charge in [0.25, 0.3) is 5.91 Å². The molecule has 25 heavy (non-hydrogen) atoms. The Bertz CT molecular complexity index is 700. The molecular formula is C18H23N5O2. The maximum atomic E-state index is 12.4. The van der Waals surface area contributed by atoms with E-state index in [0.29, 0.717) is 39.3 Å². The Morgan fingerprint density at radius 1 is 1.24 bits per heavy atom. The fourth-order valence-electron chi connectivity index (χ4n) is 2.67. The number of nitriles is 1. The molecule has 3 N–H and O–H groups in total. The first kappa shape index (κ1) is 18.5. The molecule has 0 saturated carbocycles. The van der Waals surface area contributed by atoms with Gasteiger partial charge in [0.1, 0.15) is 11.6 Å². The Labute approximate surface area is 147 Å². The van der Waals surface area contributed by atoms with Crippen LogP contribution in [0.5, 0.6) is 0 Å². The van der Waals surface area contributed by atoms with Crippen molar-refractivity contribution < 1.29 is 9.59 Å². The van der Waals surface area contributed by atoms with Crippen LogP contribution in [-0.2, 0) is 22.7 Å². The minimum absolute atomic E-state index is 0.00419. The largest absolute Gasteiger partial charge is 0.386 e. The Balaban J connectivity index is 1.92. The predicted octanol–water partition coefficient (Wildman–Crippen LogP) is 0.333. The number of amides is 2. The minimum Gasteiger partial charge on any atom is -0.386 e. The highest BCUT2D eigenvalue weighted by molar-refractivity contribution is 5.97. The maximum Gasteiger partial charge on any atom is 0.266 e. The standard InChI is InChI=1S/C18H23N5O2/c1-14(24)22-5-7-23(8-6-22)18(25)17(11-20)13-21-12-16-4-2-3-15(9-16)10-19/h2-4,9,13,21H,5-8,10,12,19H2,1H3/b17-13-. The number of benzene rings is 1. The van der Waals surface area contributed by atoms with E-state index in [1.165, 1.54) is 13.1 Å². The van der Waals surface area contributed by atoms with Crippen molar-refractivity contribution in [3.8, 4) is 6.07 Å². The van der Waals surface area contributed by atoms with Crippen LogP contribution in [0.3, 0.4) is 0 Å². The molecule has 2 amide bonds. The second-order valence-electron chi connectivity index (χ2n) is 5.87. The smallest absolute Gasteiger partial charge is 0.266 e. The lowest BCUT2D eigenvalue weighted by atomic mass is 10.1. The summed E-state index contributed by atoms with van der Waals surface area (Å²) in [5.74, 6) is -0.307. The van der Waals surface area contributed by atoms with Crippen LogP contribution in [0.2, 0.25) is 0 Å². The number of hydrogen-bond donors (Lipinski definition) is 2. The summed E-state index contributed by atoms with van der Waals surface area (Å²) in [6, 6.07) is 9.76. The van der Waals surface area contributed by atoms with Crippen molar-refractivity contribution in [3.05, 3.63) is 47.2 Å². The Morgan fingerprint density at radius 3 is 2.48 bits per heavy atom. The molecule has 7 heteroatoms. The summed E-state index contributed by atoms with van der Waals surface area (Å²) in [6.07, 6.45) is 1.45. The first-order chi connectivity index (χ1) is 12.0. The number of piperazine rings is 1. The topological polar surface area (TPSA) is 102 Å². The van der Waals surface area contributed by atoms with E-state index in [2.05, 4.69) is 5.32 Å². The van der Waals surface area contributed by atoms with Crippen LogP contribution in [0.1, 0.15) is 18.1 Å². The number of carbonyl (C=O) groups is 2. The quantitative estimate of drug-likeness (QED) is 0.594. The highest BCUT2D eigenvalue weighted by atomic mass is 16.2. The zero-order chi connectivity index (χ0) is 18.2. The van der Waals surface area contributed by atoms with Crippen molar-refractivity contribution >= 4 is 11.8 Å². The number of rotatable bonds is 5. The Hall–Kier alpha value is -2.85. The third-order valence-electron chi connectivity index (χ3n) is 4.14. The van der Waals surface area contributed by atoms with Gasteiger partial charge in [0.15, 0.2) is 0 Å². The lowest BCUT2D eigenvalue weighted by Crippen LogP contribution is -2.50. The van der Waals surface area contributed by atoms with Crippen molar-refractivity contribution in [2.75, 3.05) is 26.2 Å². The zero-order valence-electron chi connectivity index (χ0n) is 14.4. The predicted molar refractivity (Wildman–Crippen MR) is 93.7 cm³/mol. The van der Waals surface area contributed by atoms with Crippen molar-refractivity contribution in [1.82, 2.24) is 15.1 Å². The molecule has 0 aromatic heterocycles. The summed E-state index contributed by atoms with van der Waals surface area (Å²) in [5.41, 5.74) is 7.74. The van der Waals surface area contributed by atoms with Crippen molar-refractivity contribution in [2.24, 2.45) is 5.73 Å². The maximum absolute atomic E-state index is 12.4. The third kappa shape index (κ3) is 5.06. The molecule has 7 nitrogen and oxygen atoms in total. The van der Waals surface area contributed by atoms with Gasteiger partial charge in [-0.1, -0.05) is 24.3 Å². The number of nitrogens with zero attached hydrogens (tertiary/aromatic N) is 3. The van der Waals surface area contributed by atoms with Crippen LogP contribution in [0, 0.1) is 11.3 Å². The first-order valence-corrected chi connectivity index (χ1v) is 8.21. The van der Waals surface area contributed by atoms with E-state index >= 15 is 0 Å². The summed E-state index contributed by atoms with van der Waals surface area (Å²) >= 11 is 0. The summed E-state index contributed by atoms with van der Waals surface area (Å²) < 4.78 is 0. The van der Waals surface area contributed by atoms with Gasteiger partial charge < -0.3 is 20.9 Å². The van der Waals surface area contributed by atoms with Gasteiger partial charge in [0.2, 0.25) is 5.91 Å². The van der Waals surface area contributed by atoms with Crippen molar-refractivity contribution in [2.45, 2.75) is 20.0 Å². The van der Waals surface area contributed by atoms with Gasteiger partial charge in [-0.25, -0.2) is 0 Å². The molecule has 0 aliphatic carbocycles. The number of nitrogens with two attached hydrogens (primary N) is 1. The van der Waals surface area contributed by atoms with Crippen LogP contribution in [0.25, 0.3) is 0 Å². The van der Waals surface area contributed by atoms with Gasteiger partial charge in [0.05, 0.1) is 0 Å². The fraction of sp³-hybridized carbons (Fsp3) is 0.389. The second-order valence-corrected chi connectivity index (χ2v) is 5.87. The molecule has 1 aromatic rings. The summed E-state index contributed by atoms with van der Waals surface area (Å²) in [5, 5.41) is 12.3. The molecular weight excluding hydrogens is 318 g/mol. The van der Waals surface area contributed by atoms with Gasteiger partial charge in [-0.05, 0) is 11.1 Å². The van der Waals surface area contributed by atoms with E-state index in [0.717, 1.165) is 11.1 Å². The first-order valence-electron chi connectivity index (χ1n) is 8.21. The van der Waals surface area contributed by atoms with Gasteiger partial charge in [0, 0.05) is 52.4 Å². The Morgan fingerprint density at radius 2 is 1.88 bits per heavy atom. The van der Waals surface area contributed by atoms with E-state index in [1.807, 2.05) is 30.3 Å². The molecule has 0 radical (unpaired) electrons. The van der Waals surface area contributed by atoms with Gasteiger partial charge in [-0.15, -0.1) is 0 Å². The summed E-state index contributed by atoms with van der Waals surface area (Å²) in [4.78, 5) is 27.1. The molecule has 1 aliphatic rings. The van der Waals surface area contributed by atoms with E-state index in [9.17, 15) is 14.9 Å². The van der Waals surface area contributed by atoms with E-state index in [4.69, 9.17) is 5.73 Å². The van der Waals surface area contributed by atoms with Crippen LogP contribution in [-0.4, -0.2) is 47.8 Å². The Kier molecular flexibility index (Phi) is 6.54. The number of hydrogen-bond acceptors (Lipinski definition) is 5. The lowest BCUT2D eigenvalue weighted by molar-refractivity contribution is -0.136. The van der Waals surface area contributed by atoms with Gasteiger partial charge in [-0.3, -0.25) is 9.59 Å². The summed E-state index contributed by atoms with van der Waals surface area (Å²) in [6.45, 7) is 4.37. The van der Waals surface area contributed by atoms with Crippen molar-refractivity contribution in [1.29, 1.82) is 5.26 Å². The molecule has 0 bridgehead atoms. The average Bonchev–Trinajstić information content (AvgIpc) is 2.65. The third-order valence-corrected chi connectivity index (χ3v) is 4.14. The molecule has 1 saturated heterocycles. The van der Waals surface area contributed by atoms with E-state index in [-0.39, 0.29) is 17.4 Å². The molecule has 2 rings (SSSR count). The van der Waals surface area contributed by atoms with E-state index < -0.39 is 0 Å². The molecule has 0 spiro atoms. The van der Waals surface area contributed by atoms with Gasteiger partial charge in [-0.2, -0.15) is 5.26 Å². The monoisotopic (exact) mass is 341 g/mol. The zero-order valence-corrected chi connectivity index (χ0v) is 14.4. The second kappa shape index (κ2) is 8.85. The molecule has 1 fully saturated rings. The number of carbonyl (C=O) groups excluding carboxylic acids is 2. The van der Waals surface area contributed by atoms with Crippen LogP contribution >= 0.6 is 0 Å². The molecule has 1 aromatic carbocycles. The normalized spacial score (nSPS) is 14.8. The molecule has 0 unspecified atom stereocenters. The highest BCUT2D eigenvalue weighted by Gasteiger charge is 2.24. The van der Waals surface area contributed by atoms with Gasteiger partial charge >= 0.3 is 0 Å². The van der Waals surface area contributed by atoms with Crippen LogP contribution < -0.4 is 11.1 Å². The molecule has 1 aliphatic heterocycles. The van der Waals surface area contributed by atoms with Crippen molar-refractivity contribution in [3.63, 3.8) is 0 Å². The SMILES string of the molecule is CC(=O)N1CCN(C(=O)/C(C#N)=C\NCc2cccc(CN)c2)CC1.